The zero-order chi connectivity index (χ0) is 10.0. The maximum absolute atomic E-state index is 13.1. The van der Waals surface area contributed by atoms with Crippen molar-refractivity contribution in [2.75, 3.05) is 0 Å². The number of hydrogen-bond donors (Lipinski definition) is 0. The summed E-state index contributed by atoms with van der Waals surface area (Å²) in [6.45, 7) is 5.63. The number of halogens is 1. The highest BCUT2D eigenvalue weighted by Gasteiger charge is 2.11. The van der Waals surface area contributed by atoms with Crippen LogP contribution < -0.4 is 0 Å². The summed E-state index contributed by atoms with van der Waals surface area (Å²) in [5.41, 5.74) is 1.85. The topological polar surface area (TPSA) is 23.8 Å². The first-order chi connectivity index (χ1) is 6.07. The van der Waals surface area contributed by atoms with Crippen molar-refractivity contribution in [2.45, 2.75) is 26.7 Å². The molecule has 1 aromatic carbocycles. The molecule has 0 heterocycles. The second-order valence-corrected chi connectivity index (χ2v) is 3.40. The van der Waals surface area contributed by atoms with Gasteiger partial charge in [-0.1, -0.05) is 19.9 Å². The smallest absolute Gasteiger partial charge is 0.127 e. The van der Waals surface area contributed by atoms with Crippen LogP contribution in [0.25, 0.3) is 0 Å². The molecule has 0 spiro atoms. The minimum absolute atomic E-state index is 0.258. The van der Waals surface area contributed by atoms with Crippen molar-refractivity contribution in [3.05, 3.63) is 34.6 Å². The molecule has 0 radical (unpaired) electrons. The number of nitrogens with zero attached hydrogens (tertiary/aromatic N) is 1. The van der Waals surface area contributed by atoms with Crippen LogP contribution in [0.1, 0.15) is 36.5 Å². The van der Waals surface area contributed by atoms with Gasteiger partial charge in [-0.15, -0.1) is 0 Å². The SMILES string of the molecule is Cc1c(F)ccc(C(C)C)c1C#N. The van der Waals surface area contributed by atoms with Gasteiger partial charge in [0.1, 0.15) is 5.82 Å². The first-order valence-electron chi connectivity index (χ1n) is 4.27. The summed E-state index contributed by atoms with van der Waals surface area (Å²) in [6, 6.07) is 5.15. The molecule has 1 nitrogen and oxygen atoms in total. The van der Waals surface area contributed by atoms with Crippen LogP contribution in [-0.2, 0) is 0 Å². The third kappa shape index (κ3) is 1.70. The average molecular weight is 177 g/mol. The van der Waals surface area contributed by atoms with E-state index >= 15 is 0 Å². The van der Waals surface area contributed by atoms with Crippen molar-refractivity contribution in [1.29, 1.82) is 5.26 Å². The molecule has 0 N–H and O–H groups in total. The molecule has 0 bridgehead atoms. The standard InChI is InChI=1S/C11H12FN/c1-7(2)9-4-5-11(12)8(3)10(9)6-13/h4-5,7H,1-3H3. The summed E-state index contributed by atoms with van der Waals surface area (Å²) in [6.07, 6.45) is 0. The van der Waals surface area contributed by atoms with E-state index in [2.05, 4.69) is 0 Å². The van der Waals surface area contributed by atoms with Crippen LogP contribution in [0.3, 0.4) is 0 Å². The molecule has 68 valence electrons. The van der Waals surface area contributed by atoms with E-state index in [1.807, 2.05) is 19.9 Å². The van der Waals surface area contributed by atoms with Gasteiger partial charge in [-0.3, -0.25) is 0 Å². The molecule has 1 rings (SSSR count). The molecule has 0 saturated heterocycles. The molecule has 0 amide bonds. The summed E-state index contributed by atoms with van der Waals surface area (Å²) in [4.78, 5) is 0. The molecule has 0 aliphatic carbocycles. The zero-order valence-corrected chi connectivity index (χ0v) is 8.06. The fraction of sp³-hybridized carbons (Fsp3) is 0.364. The number of benzene rings is 1. The first-order valence-corrected chi connectivity index (χ1v) is 4.27. The Morgan fingerprint density at radius 3 is 2.46 bits per heavy atom. The summed E-state index contributed by atoms with van der Waals surface area (Å²) >= 11 is 0. The Bertz CT molecular complexity index is 361. The van der Waals surface area contributed by atoms with Gasteiger partial charge >= 0.3 is 0 Å². The van der Waals surface area contributed by atoms with E-state index < -0.39 is 0 Å². The molecule has 0 aromatic heterocycles. The second-order valence-electron chi connectivity index (χ2n) is 3.40. The highest BCUT2D eigenvalue weighted by atomic mass is 19.1. The van der Waals surface area contributed by atoms with Crippen molar-refractivity contribution in [3.8, 4) is 6.07 Å². The van der Waals surface area contributed by atoms with Gasteiger partial charge in [0, 0.05) is 5.56 Å². The maximum Gasteiger partial charge on any atom is 0.127 e. The molecular weight excluding hydrogens is 165 g/mol. The fourth-order valence-corrected chi connectivity index (χ4v) is 1.34. The van der Waals surface area contributed by atoms with Gasteiger partial charge in [-0.2, -0.15) is 5.26 Å². The first kappa shape index (κ1) is 9.73. The largest absolute Gasteiger partial charge is 0.207 e. The molecule has 0 fully saturated rings. The van der Waals surface area contributed by atoms with Gasteiger partial charge in [0.05, 0.1) is 11.6 Å². The van der Waals surface area contributed by atoms with E-state index in [-0.39, 0.29) is 11.7 Å². The van der Waals surface area contributed by atoms with E-state index in [0.29, 0.717) is 11.1 Å². The summed E-state index contributed by atoms with van der Waals surface area (Å²) in [5, 5.41) is 8.86. The maximum atomic E-state index is 13.1. The molecule has 13 heavy (non-hydrogen) atoms. The van der Waals surface area contributed by atoms with Crippen LogP contribution in [0.5, 0.6) is 0 Å². The highest BCUT2D eigenvalue weighted by molar-refractivity contribution is 5.45. The molecule has 0 aliphatic heterocycles. The Hall–Kier alpha value is -1.36. The molecule has 0 saturated carbocycles. The van der Waals surface area contributed by atoms with Crippen LogP contribution in [0.15, 0.2) is 12.1 Å². The Morgan fingerprint density at radius 1 is 1.38 bits per heavy atom. The van der Waals surface area contributed by atoms with Crippen molar-refractivity contribution < 1.29 is 4.39 Å². The molecular formula is C11H12FN. The third-order valence-corrected chi connectivity index (χ3v) is 2.16. The third-order valence-electron chi connectivity index (χ3n) is 2.16. The predicted octanol–water partition coefficient (Wildman–Crippen LogP) is 3.13. The van der Waals surface area contributed by atoms with Gasteiger partial charge in [-0.25, -0.2) is 4.39 Å². The minimum Gasteiger partial charge on any atom is -0.207 e. The predicted molar refractivity (Wildman–Crippen MR) is 49.9 cm³/mol. The van der Waals surface area contributed by atoms with Crippen LogP contribution >= 0.6 is 0 Å². The Morgan fingerprint density at radius 2 is 2.00 bits per heavy atom. The monoisotopic (exact) mass is 177 g/mol. The van der Waals surface area contributed by atoms with Crippen LogP contribution in [-0.4, -0.2) is 0 Å². The lowest BCUT2D eigenvalue weighted by Crippen LogP contribution is -1.97. The molecule has 0 unspecified atom stereocenters. The summed E-state index contributed by atoms with van der Waals surface area (Å²) < 4.78 is 13.1. The Kier molecular flexibility index (Phi) is 2.67. The summed E-state index contributed by atoms with van der Waals surface area (Å²) in [7, 11) is 0. The van der Waals surface area contributed by atoms with E-state index in [4.69, 9.17) is 5.26 Å². The van der Waals surface area contributed by atoms with Crippen molar-refractivity contribution in [2.24, 2.45) is 0 Å². The fourth-order valence-electron chi connectivity index (χ4n) is 1.34. The van der Waals surface area contributed by atoms with E-state index in [1.54, 1.807) is 13.0 Å². The van der Waals surface area contributed by atoms with Crippen LogP contribution in [0.4, 0.5) is 4.39 Å². The van der Waals surface area contributed by atoms with Gasteiger partial charge < -0.3 is 0 Å². The van der Waals surface area contributed by atoms with Gasteiger partial charge in [0.2, 0.25) is 0 Å². The second kappa shape index (κ2) is 3.57. The van der Waals surface area contributed by atoms with Crippen LogP contribution in [0.2, 0.25) is 0 Å². The summed E-state index contributed by atoms with van der Waals surface area (Å²) in [5.74, 6) is -0.0464. The minimum atomic E-state index is -0.305. The lowest BCUT2D eigenvalue weighted by atomic mass is 9.94. The highest BCUT2D eigenvalue weighted by Crippen LogP contribution is 2.23. The number of rotatable bonds is 1. The zero-order valence-electron chi connectivity index (χ0n) is 8.06. The van der Waals surface area contributed by atoms with Gasteiger partial charge in [0.15, 0.2) is 0 Å². The molecule has 0 atom stereocenters. The number of hydrogen-bond acceptors (Lipinski definition) is 1. The number of nitriles is 1. The lowest BCUT2D eigenvalue weighted by Gasteiger charge is -2.10. The quantitative estimate of drug-likeness (QED) is 0.646. The van der Waals surface area contributed by atoms with Crippen molar-refractivity contribution in [1.82, 2.24) is 0 Å². The van der Waals surface area contributed by atoms with Gasteiger partial charge in [0.25, 0.3) is 0 Å². The van der Waals surface area contributed by atoms with Gasteiger partial charge in [-0.05, 0) is 24.5 Å². The Labute approximate surface area is 77.8 Å². The van der Waals surface area contributed by atoms with E-state index in [1.165, 1.54) is 6.07 Å². The Balaban J connectivity index is 3.41. The molecule has 0 aliphatic rings. The van der Waals surface area contributed by atoms with E-state index in [9.17, 15) is 4.39 Å². The van der Waals surface area contributed by atoms with Crippen molar-refractivity contribution >= 4 is 0 Å². The van der Waals surface area contributed by atoms with Crippen LogP contribution in [0, 0.1) is 24.1 Å². The van der Waals surface area contributed by atoms with E-state index in [0.717, 1.165) is 5.56 Å². The molecule has 1 aromatic rings. The normalized spacial score (nSPS) is 10.2. The molecule has 2 heteroatoms. The van der Waals surface area contributed by atoms with Crippen molar-refractivity contribution in [3.63, 3.8) is 0 Å². The average Bonchev–Trinajstić information content (AvgIpc) is 2.09. The lowest BCUT2D eigenvalue weighted by molar-refractivity contribution is 0.616.